The molecule has 0 radical (unpaired) electrons. The molecule has 0 amide bonds. The molecule has 2 rings (SSSR count). The fourth-order valence-corrected chi connectivity index (χ4v) is 2.71. The molecular weight excluding hydrogens is 248 g/mol. The van der Waals surface area contributed by atoms with Crippen molar-refractivity contribution in [3.8, 4) is 0 Å². The zero-order valence-corrected chi connectivity index (χ0v) is 9.96. The Labute approximate surface area is 97.9 Å². The first-order valence-electron chi connectivity index (χ1n) is 5.07. The van der Waals surface area contributed by atoms with Crippen LogP contribution in [0.3, 0.4) is 0 Å². The van der Waals surface area contributed by atoms with Gasteiger partial charge < -0.3 is 5.11 Å². The molecular formula is C8H12N4O4S. The summed E-state index contributed by atoms with van der Waals surface area (Å²) in [6.07, 6.45) is 1.31. The first-order valence-corrected chi connectivity index (χ1v) is 6.68. The smallest absolute Gasteiger partial charge is 0.358 e. The van der Waals surface area contributed by atoms with Gasteiger partial charge in [0.05, 0.1) is 18.0 Å². The van der Waals surface area contributed by atoms with E-state index in [1.54, 1.807) is 6.92 Å². The quantitative estimate of drug-likeness (QED) is 0.758. The fourth-order valence-electron chi connectivity index (χ4n) is 1.55. The molecule has 0 aliphatic carbocycles. The zero-order valence-electron chi connectivity index (χ0n) is 9.15. The Balaban J connectivity index is 2.02. The minimum atomic E-state index is -3.16. The number of hydrogen-bond acceptors (Lipinski definition) is 5. The van der Waals surface area contributed by atoms with E-state index in [9.17, 15) is 13.2 Å². The second kappa shape index (κ2) is 4.08. The monoisotopic (exact) mass is 260 g/mol. The van der Waals surface area contributed by atoms with E-state index in [0.29, 0.717) is 13.1 Å². The largest absolute Gasteiger partial charge is 0.476 e. The van der Waals surface area contributed by atoms with Crippen LogP contribution in [0, 0.1) is 0 Å². The summed E-state index contributed by atoms with van der Waals surface area (Å²) in [5.41, 5.74) is -0.137. The highest BCUT2D eigenvalue weighted by atomic mass is 32.2. The molecule has 0 bridgehead atoms. The van der Waals surface area contributed by atoms with Gasteiger partial charge in [0.1, 0.15) is 0 Å². The molecule has 1 aliphatic heterocycles. The van der Waals surface area contributed by atoms with Gasteiger partial charge in [0, 0.05) is 13.1 Å². The van der Waals surface area contributed by atoms with E-state index in [2.05, 4.69) is 10.3 Å². The summed E-state index contributed by atoms with van der Waals surface area (Å²) in [7, 11) is -3.16. The first kappa shape index (κ1) is 12.0. The highest BCUT2D eigenvalue weighted by molar-refractivity contribution is 7.89. The number of hydrogen-bond donors (Lipinski definition) is 1. The topological polar surface area (TPSA) is 105 Å². The number of sulfonamides is 1. The van der Waals surface area contributed by atoms with E-state index in [1.165, 1.54) is 15.2 Å². The number of rotatable bonds is 4. The zero-order chi connectivity index (χ0) is 12.6. The van der Waals surface area contributed by atoms with Gasteiger partial charge in [0.15, 0.2) is 5.69 Å². The number of carbonyl (C=O) groups is 1. The molecule has 1 N–H and O–H groups in total. The van der Waals surface area contributed by atoms with Crippen molar-refractivity contribution in [2.45, 2.75) is 13.0 Å². The molecule has 1 fully saturated rings. The average Bonchev–Trinajstić information content (AvgIpc) is 2.64. The lowest BCUT2D eigenvalue weighted by atomic mass is 10.2. The van der Waals surface area contributed by atoms with Gasteiger partial charge in [-0.05, 0) is 6.92 Å². The van der Waals surface area contributed by atoms with Gasteiger partial charge in [0.2, 0.25) is 10.0 Å². The van der Waals surface area contributed by atoms with Crippen molar-refractivity contribution < 1.29 is 18.3 Å². The summed E-state index contributed by atoms with van der Waals surface area (Å²) in [6, 6.07) is -0.128. The fraction of sp³-hybridized carbons (Fsp3) is 0.625. The number of aromatic nitrogens is 3. The Morgan fingerprint density at radius 3 is 2.71 bits per heavy atom. The molecule has 1 aromatic heterocycles. The normalized spacial score (nSPS) is 17.9. The van der Waals surface area contributed by atoms with Crippen LogP contribution >= 0.6 is 0 Å². The van der Waals surface area contributed by atoms with Crippen LogP contribution in [0.15, 0.2) is 6.20 Å². The third-order valence-electron chi connectivity index (χ3n) is 2.69. The molecule has 0 spiro atoms. The number of nitrogens with zero attached hydrogens (tertiary/aromatic N) is 4. The molecule has 17 heavy (non-hydrogen) atoms. The van der Waals surface area contributed by atoms with Gasteiger partial charge in [-0.2, -0.15) is 4.31 Å². The minimum Gasteiger partial charge on any atom is -0.476 e. The standard InChI is InChI=1S/C8H12N4O4S/c1-2-17(15,16)11-3-6(4-11)12-5-7(8(13)14)9-10-12/h5-6H,2-4H2,1H3,(H,13,14). The van der Waals surface area contributed by atoms with Crippen LogP contribution in [-0.4, -0.2) is 57.6 Å². The first-order chi connectivity index (χ1) is 7.94. The van der Waals surface area contributed by atoms with Crippen molar-refractivity contribution in [2.75, 3.05) is 18.8 Å². The van der Waals surface area contributed by atoms with Crippen LogP contribution < -0.4 is 0 Å². The lowest BCUT2D eigenvalue weighted by Gasteiger charge is -2.37. The van der Waals surface area contributed by atoms with E-state index in [4.69, 9.17) is 5.11 Å². The Kier molecular flexibility index (Phi) is 2.87. The SMILES string of the molecule is CCS(=O)(=O)N1CC(n2cc(C(=O)O)nn2)C1. The molecule has 0 saturated carbocycles. The van der Waals surface area contributed by atoms with Crippen LogP contribution in [0.1, 0.15) is 23.5 Å². The molecule has 9 heteroatoms. The van der Waals surface area contributed by atoms with Gasteiger partial charge in [-0.1, -0.05) is 5.21 Å². The van der Waals surface area contributed by atoms with Crippen molar-refractivity contribution in [3.05, 3.63) is 11.9 Å². The van der Waals surface area contributed by atoms with Crippen LogP contribution in [0.2, 0.25) is 0 Å². The molecule has 1 aromatic rings. The van der Waals surface area contributed by atoms with Gasteiger partial charge in [-0.3, -0.25) is 0 Å². The van der Waals surface area contributed by atoms with Crippen LogP contribution in [0.4, 0.5) is 0 Å². The maximum absolute atomic E-state index is 11.5. The lowest BCUT2D eigenvalue weighted by Crippen LogP contribution is -2.51. The number of carboxylic acids is 1. The van der Waals surface area contributed by atoms with Crippen molar-refractivity contribution in [3.63, 3.8) is 0 Å². The number of carboxylic acid groups (broad SMARTS) is 1. The highest BCUT2D eigenvalue weighted by Gasteiger charge is 2.36. The molecule has 1 aliphatic rings. The van der Waals surface area contributed by atoms with Gasteiger partial charge in [-0.25, -0.2) is 17.9 Å². The molecule has 2 heterocycles. The second-order valence-electron chi connectivity index (χ2n) is 3.76. The van der Waals surface area contributed by atoms with E-state index < -0.39 is 16.0 Å². The maximum Gasteiger partial charge on any atom is 0.358 e. The maximum atomic E-state index is 11.5. The van der Waals surface area contributed by atoms with Crippen molar-refractivity contribution in [2.24, 2.45) is 0 Å². The van der Waals surface area contributed by atoms with E-state index in [0.717, 1.165) is 0 Å². The molecule has 8 nitrogen and oxygen atoms in total. The van der Waals surface area contributed by atoms with E-state index in [-0.39, 0.29) is 17.5 Å². The summed E-state index contributed by atoms with van der Waals surface area (Å²) in [6.45, 7) is 2.22. The van der Waals surface area contributed by atoms with Gasteiger partial charge in [-0.15, -0.1) is 5.10 Å². The van der Waals surface area contributed by atoms with Gasteiger partial charge in [0.25, 0.3) is 0 Å². The Morgan fingerprint density at radius 2 is 2.24 bits per heavy atom. The van der Waals surface area contributed by atoms with Crippen LogP contribution in [0.5, 0.6) is 0 Å². The summed E-state index contributed by atoms with van der Waals surface area (Å²) < 4.78 is 25.7. The highest BCUT2D eigenvalue weighted by Crippen LogP contribution is 2.23. The van der Waals surface area contributed by atoms with Crippen molar-refractivity contribution >= 4 is 16.0 Å². The summed E-state index contributed by atoms with van der Waals surface area (Å²) in [5.74, 6) is -1.08. The minimum absolute atomic E-state index is 0.0669. The second-order valence-corrected chi connectivity index (χ2v) is 6.02. The summed E-state index contributed by atoms with van der Waals surface area (Å²) in [5, 5.41) is 15.8. The van der Waals surface area contributed by atoms with Crippen molar-refractivity contribution in [1.29, 1.82) is 0 Å². The Bertz CT molecular complexity index is 531. The predicted molar refractivity (Wildman–Crippen MR) is 57.1 cm³/mol. The van der Waals surface area contributed by atoms with Crippen LogP contribution in [0.25, 0.3) is 0 Å². The average molecular weight is 260 g/mol. The molecule has 1 saturated heterocycles. The molecule has 0 unspecified atom stereocenters. The van der Waals surface area contributed by atoms with E-state index in [1.807, 2.05) is 0 Å². The lowest BCUT2D eigenvalue weighted by molar-refractivity contribution is 0.0690. The number of aromatic carboxylic acids is 1. The Hall–Kier alpha value is -1.48. The molecule has 0 atom stereocenters. The molecule has 0 aromatic carbocycles. The van der Waals surface area contributed by atoms with E-state index >= 15 is 0 Å². The molecule has 94 valence electrons. The van der Waals surface area contributed by atoms with Crippen LogP contribution in [-0.2, 0) is 10.0 Å². The summed E-state index contributed by atoms with van der Waals surface area (Å²) >= 11 is 0. The summed E-state index contributed by atoms with van der Waals surface area (Å²) in [4.78, 5) is 10.6. The third-order valence-corrected chi connectivity index (χ3v) is 4.51. The third kappa shape index (κ3) is 2.15. The predicted octanol–water partition coefficient (Wildman–Crippen LogP) is -0.817. The Morgan fingerprint density at radius 1 is 1.59 bits per heavy atom. The van der Waals surface area contributed by atoms with Gasteiger partial charge >= 0.3 is 5.97 Å². The van der Waals surface area contributed by atoms with Crippen molar-refractivity contribution in [1.82, 2.24) is 19.3 Å².